The van der Waals surface area contributed by atoms with E-state index in [1.807, 2.05) is 6.92 Å². The molecule has 1 fully saturated rings. The van der Waals surface area contributed by atoms with Gasteiger partial charge in [-0.05, 0) is 38.0 Å². The number of sulfonamides is 1. The maximum Gasteiger partial charge on any atom is 0.241 e. The lowest BCUT2D eigenvalue weighted by molar-refractivity contribution is 0.178. The summed E-state index contributed by atoms with van der Waals surface area (Å²) in [5, 5.41) is 0. The number of ether oxygens (including phenoxy) is 1. The molecule has 1 aromatic rings. The molecule has 1 unspecified atom stereocenters. The smallest absolute Gasteiger partial charge is 0.241 e. The zero-order valence-electron chi connectivity index (χ0n) is 11.5. The Morgan fingerprint density at radius 3 is 2.70 bits per heavy atom. The van der Waals surface area contributed by atoms with Gasteiger partial charge in [0.05, 0.1) is 17.0 Å². The number of nitrogens with two attached hydrogens (primary N) is 1. The Bertz CT molecular complexity index is 635. The van der Waals surface area contributed by atoms with Gasteiger partial charge in [0.25, 0.3) is 0 Å². The zero-order valence-corrected chi connectivity index (χ0v) is 13.1. The van der Waals surface area contributed by atoms with Gasteiger partial charge in [-0.1, -0.05) is 18.3 Å². The lowest BCUT2D eigenvalue weighted by Gasteiger charge is -2.23. The van der Waals surface area contributed by atoms with Crippen molar-refractivity contribution in [3.05, 3.63) is 29.3 Å². The quantitative estimate of drug-likeness (QED) is 0.813. The Labute approximate surface area is 124 Å². The second-order valence-corrected chi connectivity index (χ2v) is 7.43. The van der Waals surface area contributed by atoms with Gasteiger partial charge >= 0.3 is 0 Å². The van der Waals surface area contributed by atoms with Crippen molar-refractivity contribution in [3.8, 4) is 0 Å². The van der Waals surface area contributed by atoms with Crippen molar-refractivity contribution in [1.82, 2.24) is 4.72 Å². The first-order valence-electron chi connectivity index (χ1n) is 6.26. The molecule has 3 N–H and O–H groups in total. The third-order valence-corrected chi connectivity index (χ3v) is 5.23. The molecule has 110 valence electrons. The van der Waals surface area contributed by atoms with E-state index in [-0.39, 0.29) is 9.88 Å². The molecule has 1 aromatic carbocycles. The minimum atomic E-state index is -3.58. The van der Waals surface area contributed by atoms with Gasteiger partial charge in [-0.15, -0.1) is 0 Å². The molecule has 0 saturated carbocycles. The highest BCUT2D eigenvalue weighted by atomic mass is 32.2. The van der Waals surface area contributed by atoms with Gasteiger partial charge in [0.1, 0.15) is 4.99 Å². The lowest BCUT2D eigenvalue weighted by Crippen LogP contribution is -2.46. The minimum absolute atomic E-state index is 0.211. The molecule has 0 aromatic heterocycles. The Morgan fingerprint density at radius 2 is 2.20 bits per heavy atom. The monoisotopic (exact) mass is 314 g/mol. The van der Waals surface area contributed by atoms with E-state index >= 15 is 0 Å². The minimum Gasteiger partial charge on any atom is -0.389 e. The van der Waals surface area contributed by atoms with E-state index < -0.39 is 15.6 Å². The average Bonchev–Trinajstić information content (AvgIpc) is 2.74. The molecule has 1 aliphatic heterocycles. The van der Waals surface area contributed by atoms with E-state index in [0.717, 1.165) is 5.56 Å². The third-order valence-electron chi connectivity index (χ3n) is 3.37. The predicted molar refractivity (Wildman–Crippen MR) is 81.2 cm³/mol. The number of benzene rings is 1. The number of hydrogen-bond donors (Lipinski definition) is 2. The fourth-order valence-corrected chi connectivity index (χ4v) is 3.95. The highest BCUT2D eigenvalue weighted by Crippen LogP contribution is 2.22. The molecular weight excluding hydrogens is 296 g/mol. The number of aryl methyl sites for hydroxylation is 1. The summed E-state index contributed by atoms with van der Waals surface area (Å²) >= 11 is 4.92. The van der Waals surface area contributed by atoms with Crippen molar-refractivity contribution < 1.29 is 13.2 Å². The summed E-state index contributed by atoms with van der Waals surface area (Å²) in [4.78, 5) is 0.471. The molecule has 1 aliphatic rings. The van der Waals surface area contributed by atoms with Crippen molar-refractivity contribution in [3.63, 3.8) is 0 Å². The van der Waals surface area contributed by atoms with Gasteiger partial charge in [0, 0.05) is 12.2 Å². The Morgan fingerprint density at radius 1 is 1.50 bits per heavy atom. The molecule has 7 heteroatoms. The second kappa shape index (κ2) is 5.40. The molecule has 0 amide bonds. The highest BCUT2D eigenvalue weighted by Gasteiger charge is 2.34. The molecule has 0 radical (unpaired) electrons. The number of hydrogen-bond acceptors (Lipinski definition) is 4. The molecule has 20 heavy (non-hydrogen) atoms. The van der Waals surface area contributed by atoms with Crippen LogP contribution in [0.3, 0.4) is 0 Å². The molecule has 1 saturated heterocycles. The van der Waals surface area contributed by atoms with Crippen molar-refractivity contribution >= 4 is 27.2 Å². The van der Waals surface area contributed by atoms with Crippen LogP contribution in [0, 0.1) is 6.92 Å². The SMILES string of the molecule is Cc1cc(S(=O)(=O)NC2(C)CCOC2)ccc1C(N)=S. The Balaban J connectivity index is 2.30. The number of rotatable bonds is 4. The van der Waals surface area contributed by atoms with Crippen LogP contribution in [0.2, 0.25) is 0 Å². The van der Waals surface area contributed by atoms with Crippen LogP contribution >= 0.6 is 12.2 Å². The van der Waals surface area contributed by atoms with E-state index in [9.17, 15) is 8.42 Å². The van der Waals surface area contributed by atoms with Crippen molar-refractivity contribution in [2.45, 2.75) is 30.7 Å². The van der Waals surface area contributed by atoms with E-state index in [1.54, 1.807) is 19.1 Å². The molecule has 5 nitrogen and oxygen atoms in total. The Hall–Kier alpha value is -1.02. The first kappa shape index (κ1) is 15.4. The van der Waals surface area contributed by atoms with Crippen LogP contribution in [-0.4, -0.2) is 32.2 Å². The van der Waals surface area contributed by atoms with Crippen molar-refractivity contribution in [2.75, 3.05) is 13.2 Å². The van der Waals surface area contributed by atoms with Crippen LogP contribution in [0.1, 0.15) is 24.5 Å². The summed E-state index contributed by atoms with van der Waals surface area (Å²) in [5.74, 6) is 0. The van der Waals surface area contributed by atoms with Gasteiger partial charge in [-0.25, -0.2) is 13.1 Å². The first-order valence-corrected chi connectivity index (χ1v) is 8.15. The summed E-state index contributed by atoms with van der Waals surface area (Å²) in [6.07, 6.45) is 0.663. The van der Waals surface area contributed by atoms with Gasteiger partial charge in [-0.2, -0.15) is 0 Å². The van der Waals surface area contributed by atoms with Crippen molar-refractivity contribution in [2.24, 2.45) is 5.73 Å². The van der Waals surface area contributed by atoms with Crippen LogP contribution in [-0.2, 0) is 14.8 Å². The van der Waals surface area contributed by atoms with Crippen LogP contribution < -0.4 is 10.5 Å². The van der Waals surface area contributed by atoms with E-state index in [1.165, 1.54) is 6.07 Å². The molecule has 0 bridgehead atoms. The van der Waals surface area contributed by atoms with Crippen LogP contribution in [0.4, 0.5) is 0 Å². The summed E-state index contributed by atoms with van der Waals surface area (Å²) in [5.41, 5.74) is 6.46. The molecule has 0 spiro atoms. The topological polar surface area (TPSA) is 81.4 Å². The highest BCUT2D eigenvalue weighted by molar-refractivity contribution is 7.89. The van der Waals surface area contributed by atoms with E-state index in [2.05, 4.69) is 4.72 Å². The molecule has 0 aliphatic carbocycles. The maximum atomic E-state index is 12.4. The number of nitrogens with one attached hydrogen (secondary N) is 1. The molecular formula is C13H18N2O3S2. The molecule has 1 atom stereocenters. The predicted octanol–water partition coefficient (Wildman–Crippen LogP) is 1.09. The number of thiocarbonyl (C=S) groups is 1. The fourth-order valence-electron chi connectivity index (χ4n) is 2.21. The average molecular weight is 314 g/mol. The van der Waals surface area contributed by atoms with E-state index in [0.29, 0.717) is 25.2 Å². The van der Waals surface area contributed by atoms with Gasteiger partial charge in [0.2, 0.25) is 10.0 Å². The van der Waals surface area contributed by atoms with Gasteiger partial charge < -0.3 is 10.5 Å². The molecule has 2 rings (SSSR count). The van der Waals surface area contributed by atoms with Gasteiger partial charge in [-0.3, -0.25) is 0 Å². The summed E-state index contributed by atoms with van der Waals surface area (Å²) in [7, 11) is -3.58. The Kier molecular flexibility index (Phi) is 4.15. The normalized spacial score (nSPS) is 22.9. The van der Waals surface area contributed by atoms with Crippen LogP contribution in [0.5, 0.6) is 0 Å². The molecule has 1 heterocycles. The summed E-state index contributed by atoms with van der Waals surface area (Å²) in [6, 6.07) is 4.73. The standard InChI is InChI=1S/C13H18N2O3S2/c1-9-7-10(3-4-11(9)12(14)19)20(16,17)15-13(2)5-6-18-8-13/h3-4,7,15H,5-6,8H2,1-2H3,(H2,14,19). The summed E-state index contributed by atoms with van der Waals surface area (Å²) < 4.78 is 32.8. The van der Waals surface area contributed by atoms with Crippen LogP contribution in [0.15, 0.2) is 23.1 Å². The summed E-state index contributed by atoms with van der Waals surface area (Å²) in [6.45, 7) is 4.58. The largest absolute Gasteiger partial charge is 0.389 e. The lowest BCUT2D eigenvalue weighted by atomic mass is 10.0. The first-order chi connectivity index (χ1) is 9.23. The fraction of sp³-hybridized carbons (Fsp3) is 0.462. The van der Waals surface area contributed by atoms with Crippen LogP contribution in [0.25, 0.3) is 0 Å². The van der Waals surface area contributed by atoms with Crippen molar-refractivity contribution in [1.29, 1.82) is 0 Å². The van der Waals surface area contributed by atoms with E-state index in [4.69, 9.17) is 22.7 Å². The third kappa shape index (κ3) is 3.17. The maximum absolute atomic E-state index is 12.4. The second-order valence-electron chi connectivity index (χ2n) is 5.31. The zero-order chi connectivity index (χ0) is 15.0. The van der Waals surface area contributed by atoms with Gasteiger partial charge in [0.15, 0.2) is 0 Å².